The van der Waals surface area contributed by atoms with Crippen LogP contribution in [0.25, 0.3) is 0 Å². The normalized spacial score (nSPS) is 11.3. The molecule has 80 valence electrons. The molecule has 15 heavy (non-hydrogen) atoms. The third-order valence-electron chi connectivity index (χ3n) is 1.65. The Morgan fingerprint density at radius 1 is 1.60 bits per heavy atom. The van der Waals surface area contributed by atoms with Crippen molar-refractivity contribution in [1.82, 2.24) is 5.43 Å². The molecule has 0 fully saturated rings. The van der Waals surface area contributed by atoms with Crippen LogP contribution in [0.2, 0.25) is 0 Å². The number of hydrogen-bond donors (Lipinski definition) is 2. The summed E-state index contributed by atoms with van der Waals surface area (Å²) in [6.45, 7) is 1.77. The van der Waals surface area contributed by atoms with Gasteiger partial charge in [-0.25, -0.2) is 4.39 Å². The summed E-state index contributed by atoms with van der Waals surface area (Å²) in [5.41, 5.74) is 9.13. The second-order valence-corrected chi connectivity index (χ2v) is 4.09. The zero-order valence-corrected chi connectivity index (χ0v) is 10.3. The number of benzene rings is 1. The minimum Gasteiger partial charge on any atom is -0.375 e. The molecular weight excluding hydrogens is 281 g/mol. The molecule has 3 N–H and O–H groups in total. The predicted molar refractivity (Wildman–Crippen MR) is 66.2 cm³/mol. The highest BCUT2D eigenvalue weighted by molar-refractivity contribution is 9.10. The lowest BCUT2D eigenvalue weighted by Gasteiger charge is -2.04. The monoisotopic (exact) mass is 289 g/mol. The van der Waals surface area contributed by atoms with Crippen molar-refractivity contribution >= 4 is 39.0 Å². The molecule has 0 radical (unpaired) electrons. The molecule has 1 rings (SSSR count). The van der Waals surface area contributed by atoms with E-state index in [1.807, 2.05) is 0 Å². The van der Waals surface area contributed by atoms with Gasteiger partial charge in [0, 0.05) is 10.0 Å². The number of hydrogen-bond acceptors (Lipinski definition) is 2. The van der Waals surface area contributed by atoms with Gasteiger partial charge in [0.2, 0.25) is 0 Å². The lowest BCUT2D eigenvalue weighted by atomic mass is 10.1. The minimum atomic E-state index is -0.305. The van der Waals surface area contributed by atoms with Crippen LogP contribution in [0.5, 0.6) is 0 Å². The third kappa shape index (κ3) is 3.56. The maximum absolute atomic E-state index is 12.8. The van der Waals surface area contributed by atoms with E-state index in [0.29, 0.717) is 10.2 Å². The van der Waals surface area contributed by atoms with Gasteiger partial charge in [0.05, 0.1) is 5.71 Å². The van der Waals surface area contributed by atoms with Gasteiger partial charge in [0.25, 0.3) is 0 Å². The van der Waals surface area contributed by atoms with Gasteiger partial charge < -0.3 is 5.73 Å². The summed E-state index contributed by atoms with van der Waals surface area (Å²) in [6, 6.07) is 4.36. The second-order valence-electron chi connectivity index (χ2n) is 2.80. The van der Waals surface area contributed by atoms with E-state index in [2.05, 4.69) is 38.7 Å². The molecule has 0 saturated heterocycles. The first kappa shape index (κ1) is 12.1. The Morgan fingerprint density at radius 2 is 2.27 bits per heavy atom. The number of rotatable bonds is 2. The van der Waals surface area contributed by atoms with E-state index < -0.39 is 0 Å². The summed E-state index contributed by atoms with van der Waals surface area (Å²) < 4.78 is 13.4. The molecule has 0 atom stereocenters. The van der Waals surface area contributed by atoms with Crippen molar-refractivity contribution in [3.63, 3.8) is 0 Å². The number of thiocarbonyl (C=S) groups is 1. The highest BCUT2D eigenvalue weighted by Crippen LogP contribution is 2.18. The van der Waals surface area contributed by atoms with Gasteiger partial charge in [0.15, 0.2) is 5.11 Å². The van der Waals surface area contributed by atoms with E-state index in [1.165, 1.54) is 12.1 Å². The Balaban J connectivity index is 2.95. The first-order valence-corrected chi connectivity index (χ1v) is 5.26. The first-order valence-electron chi connectivity index (χ1n) is 4.06. The molecule has 0 heterocycles. The van der Waals surface area contributed by atoms with Crippen LogP contribution in [-0.2, 0) is 0 Å². The number of nitrogens with one attached hydrogen (secondary N) is 1. The van der Waals surface area contributed by atoms with Gasteiger partial charge >= 0.3 is 0 Å². The summed E-state index contributed by atoms with van der Waals surface area (Å²) in [7, 11) is 0. The van der Waals surface area contributed by atoms with Crippen molar-refractivity contribution in [2.24, 2.45) is 10.8 Å². The fourth-order valence-corrected chi connectivity index (χ4v) is 1.67. The van der Waals surface area contributed by atoms with Gasteiger partial charge in [-0.1, -0.05) is 15.9 Å². The molecular formula is C9H9BrFN3S. The van der Waals surface area contributed by atoms with Gasteiger partial charge in [-0.3, -0.25) is 5.43 Å². The SMILES string of the molecule is C/C(=N/NC(N)=S)c1ccc(F)cc1Br. The van der Waals surface area contributed by atoms with Crippen molar-refractivity contribution in [1.29, 1.82) is 0 Å². The summed E-state index contributed by atoms with van der Waals surface area (Å²) in [4.78, 5) is 0. The number of nitrogens with two attached hydrogens (primary N) is 1. The van der Waals surface area contributed by atoms with E-state index >= 15 is 0 Å². The Kier molecular flexibility index (Phi) is 4.16. The van der Waals surface area contributed by atoms with Crippen LogP contribution in [-0.4, -0.2) is 10.8 Å². The highest BCUT2D eigenvalue weighted by atomic mass is 79.9. The Hall–Kier alpha value is -1.01. The van der Waals surface area contributed by atoms with Crippen LogP contribution in [0, 0.1) is 5.82 Å². The molecule has 1 aromatic carbocycles. The van der Waals surface area contributed by atoms with Crippen LogP contribution in [0.1, 0.15) is 12.5 Å². The third-order valence-corrected chi connectivity index (χ3v) is 2.40. The highest BCUT2D eigenvalue weighted by Gasteiger charge is 2.04. The van der Waals surface area contributed by atoms with E-state index in [1.54, 1.807) is 13.0 Å². The largest absolute Gasteiger partial charge is 0.375 e. The van der Waals surface area contributed by atoms with Gasteiger partial charge in [-0.05, 0) is 37.3 Å². The molecule has 0 amide bonds. The quantitative estimate of drug-likeness (QED) is 0.498. The lowest BCUT2D eigenvalue weighted by molar-refractivity contribution is 0.627. The lowest BCUT2D eigenvalue weighted by Crippen LogP contribution is -2.25. The van der Waals surface area contributed by atoms with E-state index in [0.717, 1.165) is 5.56 Å². The molecule has 0 bridgehead atoms. The molecule has 3 nitrogen and oxygen atoms in total. The molecule has 1 aromatic rings. The molecule has 0 aromatic heterocycles. The van der Waals surface area contributed by atoms with E-state index in [9.17, 15) is 4.39 Å². The predicted octanol–water partition coefficient (Wildman–Crippen LogP) is 2.15. The first-order chi connectivity index (χ1) is 7.00. The smallest absolute Gasteiger partial charge is 0.184 e. The maximum Gasteiger partial charge on any atom is 0.184 e. The van der Waals surface area contributed by atoms with E-state index in [4.69, 9.17) is 5.73 Å². The molecule has 0 spiro atoms. The molecule has 0 saturated carbocycles. The molecule has 0 unspecified atom stereocenters. The topological polar surface area (TPSA) is 50.4 Å². The van der Waals surface area contributed by atoms with Crippen molar-refractivity contribution < 1.29 is 4.39 Å². The van der Waals surface area contributed by atoms with Crippen LogP contribution >= 0.6 is 28.1 Å². The fraction of sp³-hybridized carbons (Fsp3) is 0.111. The zero-order chi connectivity index (χ0) is 11.4. The van der Waals surface area contributed by atoms with Crippen molar-refractivity contribution in [3.05, 3.63) is 34.1 Å². The van der Waals surface area contributed by atoms with Crippen LogP contribution in [0.15, 0.2) is 27.8 Å². The molecule has 6 heteroatoms. The Morgan fingerprint density at radius 3 is 2.80 bits per heavy atom. The van der Waals surface area contributed by atoms with Gasteiger partial charge in [-0.15, -0.1) is 0 Å². The van der Waals surface area contributed by atoms with Crippen molar-refractivity contribution in [2.45, 2.75) is 6.92 Å². The van der Waals surface area contributed by atoms with Crippen molar-refractivity contribution in [3.8, 4) is 0 Å². The fourth-order valence-electron chi connectivity index (χ4n) is 0.982. The van der Waals surface area contributed by atoms with Crippen LogP contribution in [0.4, 0.5) is 4.39 Å². The second kappa shape index (κ2) is 5.18. The zero-order valence-electron chi connectivity index (χ0n) is 7.92. The summed E-state index contributed by atoms with van der Waals surface area (Å²) in [6.07, 6.45) is 0. The Labute approximate surface area is 101 Å². The number of nitrogens with zero attached hydrogens (tertiary/aromatic N) is 1. The van der Waals surface area contributed by atoms with Crippen molar-refractivity contribution in [2.75, 3.05) is 0 Å². The van der Waals surface area contributed by atoms with Crippen LogP contribution < -0.4 is 11.2 Å². The van der Waals surface area contributed by atoms with E-state index in [-0.39, 0.29) is 10.9 Å². The molecule has 0 aliphatic heterocycles. The Bertz CT molecular complexity index is 420. The maximum atomic E-state index is 12.8. The summed E-state index contributed by atoms with van der Waals surface area (Å²) >= 11 is 7.85. The summed E-state index contributed by atoms with van der Waals surface area (Å²) in [5, 5.41) is 4.02. The average Bonchev–Trinajstić information content (AvgIpc) is 2.14. The average molecular weight is 290 g/mol. The summed E-state index contributed by atoms with van der Waals surface area (Å²) in [5.74, 6) is -0.305. The molecule has 0 aliphatic carbocycles. The van der Waals surface area contributed by atoms with Crippen LogP contribution in [0.3, 0.4) is 0 Å². The number of halogens is 2. The number of hydrazone groups is 1. The molecule has 0 aliphatic rings. The minimum absolute atomic E-state index is 0.0904. The standard InChI is InChI=1S/C9H9BrFN3S/c1-5(13-14-9(12)15)7-3-2-6(11)4-8(7)10/h2-4H,1H3,(H3,12,14,15)/b13-5-. The van der Waals surface area contributed by atoms with Gasteiger partial charge in [0.1, 0.15) is 5.82 Å². The van der Waals surface area contributed by atoms with Gasteiger partial charge in [-0.2, -0.15) is 5.10 Å².